The van der Waals surface area contributed by atoms with Crippen LogP contribution in [0.2, 0.25) is 0 Å². The molecular weight excluding hydrogens is 391 g/mol. The summed E-state index contributed by atoms with van der Waals surface area (Å²) in [6, 6.07) is 5.04. The Morgan fingerprint density at radius 2 is 1.83 bits per heavy atom. The lowest BCUT2D eigenvalue weighted by Gasteiger charge is -2.40. The molecule has 0 N–H and O–H groups in total. The topological polar surface area (TPSA) is 30.3 Å². The molecule has 0 spiro atoms. The summed E-state index contributed by atoms with van der Waals surface area (Å²) in [6.07, 6.45) is 5.11. The van der Waals surface area contributed by atoms with Gasteiger partial charge in [0, 0.05) is 37.2 Å². The second-order valence-electron chi connectivity index (χ2n) is 9.66. The number of alkyl halides is 3. The van der Waals surface area contributed by atoms with Gasteiger partial charge in [0.25, 0.3) is 0 Å². The van der Waals surface area contributed by atoms with Gasteiger partial charge >= 0.3 is 6.18 Å². The van der Waals surface area contributed by atoms with Crippen LogP contribution in [0.25, 0.3) is 10.9 Å². The Bertz CT molecular complexity index is 877. The van der Waals surface area contributed by atoms with Crippen LogP contribution in [0.15, 0.2) is 24.4 Å². The fraction of sp³-hybridized carbons (Fsp3) is 0.696. The molecule has 1 aromatic carbocycles. The SMILES string of the molecule is C[C@H](CN1[C@@H]2CC[C@H]1CC(OCC1CC1)C2)Cn1ncc2ccc(C(F)(F)F)cc21. The predicted molar refractivity (Wildman–Crippen MR) is 109 cm³/mol. The van der Waals surface area contributed by atoms with Crippen molar-refractivity contribution >= 4 is 10.9 Å². The number of halogens is 3. The molecule has 30 heavy (non-hydrogen) atoms. The molecule has 164 valence electrons. The Morgan fingerprint density at radius 1 is 1.10 bits per heavy atom. The summed E-state index contributed by atoms with van der Waals surface area (Å²) in [7, 11) is 0. The lowest BCUT2D eigenvalue weighted by molar-refractivity contribution is -0.137. The molecule has 1 unspecified atom stereocenters. The van der Waals surface area contributed by atoms with Crippen LogP contribution in [0.5, 0.6) is 0 Å². The normalized spacial score (nSPS) is 28.3. The largest absolute Gasteiger partial charge is 0.416 e. The molecule has 0 radical (unpaired) electrons. The first-order valence-corrected chi connectivity index (χ1v) is 11.3. The predicted octanol–water partition coefficient (Wildman–Crippen LogP) is 5.11. The van der Waals surface area contributed by atoms with E-state index in [1.807, 2.05) is 0 Å². The van der Waals surface area contributed by atoms with Gasteiger partial charge in [0.05, 0.1) is 23.4 Å². The Hall–Kier alpha value is -1.60. The molecule has 2 aliphatic heterocycles. The first-order chi connectivity index (χ1) is 14.4. The molecule has 3 aliphatic rings. The second-order valence-corrected chi connectivity index (χ2v) is 9.66. The molecule has 1 aromatic heterocycles. The lowest BCUT2D eigenvalue weighted by atomic mass is 9.98. The maximum absolute atomic E-state index is 13.1. The van der Waals surface area contributed by atoms with Crippen molar-refractivity contribution in [2.45, 2.75) is 76.4 Å². The van der Waals surface area contributed by atoms with Gasteiger partial charge in [0.15, 0.2) is 0 Å². The van der Waals surface area contributed by atoms with Crippen LogP contribution in [-0.2, 0) is 17.5 Å². The third-order valence-electron chi connectivity index (χ3n) is 7.08. The van der Waals surface area contributed by atoms with Crippen LogP contribution in [-0.4, -0.2) is 46.0 Å². The summed E-state index contributed by atoms with van der Waals surface area (Å²) in [4.78, 5) is 2.63. The molecule has 2 bridgehead atoms. The summed E-state index contributed by atoms with van der Waals surface area (Å²) >= 11 is 0. The number of benzene rings is 1. The van der Waals surface area contributed by atoms with Gasteiger partial charge in [0.2, 0.25) is 0 Å². The van der Waals surface area contributed by atoms with Gasteiger partial charge in [-0.2, -0.15) is 18.3 Å². The van der Waals surface area contributed by atoms with Crippen LogP contribution in [0.4, 0.5) is 13.2 Å². The zero-order valence-corrected chi connectivity index (χ0v) is 17.4. The zero-order valence-electron chi connectivity index (χ0n) is 17.4. The van der Waals surface area contributed by atoms with E-state index >= 15 is 0 Å². The van der Waals surface area contributed by atoms with E-state index in [9.17, 15) is 13.2 Å². The van der Waals surface area contributed by atoms with E-state index in [1.54, 1.807) is 10.9 Å². The van der Waals surface area contributed by atoms with Gasteiger partial charge in [-0.1, -0.05) is 13.0 Å². The summed E-state index contributed by atoms with van der Waals surface area (Å²) < 4.78 is 47.2. The van der Waals surface area contributed by atoms with Crippen LogP contribution >= 0.6 is 0 Å². The lowest BCUT2D eigenvalue weighted by Crippen LogP contribution is -2.47. The highest BCUT2D eigenvalue weighted by molar-refractivity contribution is 5.79. The highest BCUT2D eigenvalue weighted by Crippen LogP contribution is 2.39. The minimum absolute atomic E-state index is 0.315. The van der Waals surface area contributed by atoms with Gasteiger partial charge in [-0.15, -0.1) is 0 Å². The first-order valence-electron chi connectivity index (χ1n) is 11.3. The van der Waals surface area contributed by atoms with Gasteiger partial charge in [-0.3, -0.25) is 9.58 Å². The number of fused-ring (bicyclic) bond motifs is 3. The fourth-order valence-corrected chi connectivity index (χ4v) is 5.32. The molecule has 4 nitrogen and oxygen atoms in total. The molecule has 2 saturated heterocycles. The Kier molecular flexibility index (Phi) is 5.30. The number of aromatic nitrogens is 2. The maximum Gasteiger partial charge on any atom is 0.416 e. The summed E-state index contributed by atoms with van der Waals surface area (Å²) in [5, 5.41) is 5.13. The molecule has 0 amide bonds. The number of nitrogens with zero attached hydrogens (tertiary/aromatic N) is 3. The summed E-state index contributed by atoms with van der Waals surface area (Å²) in [6.45, 7) is 4.70. The van der Waals surface area contributed by atoms with Gasteiger partial charge < -0.3 is 4.74 Å². The number of rotatable bonds is 7. The zero-order chi connectivity index (χ0) is 20.9. The first kappa shape index (κ1) is 20.3. The van der Waals surface area contributed by atoms with Crippen molar-refractivity contribution in [1.82, 2.24) is 14.7 Å². The van der Waals surface area contributed by atoms with E-state index in [0.29, 0.717) is 36.2 Å². The smallest absolute Gasteiger partial charge is 0.378 e. The highest BCUT2D eigenvalue weighted by Gasteiger charge is 2.41. The summed E-state index contributed by atoms with van der Waals surface area (Å²) in [5.41, 5.74) is -0.0532. The van der Waals surface area contributed by atoms with E-state index in [-0.39, 0.29) is 0 Å². The average molecular weight is 422 g/mol. The molecule has 1 aliphatic carbocycles. The van der Waals surface area contributed by atoms with Crippen molar-refractivity contribution in [3.05, 3.63) is 30.0 Å². The second kappa shape index (κ2) is 7.83. The Labute approximate surface area is 175 Å². The van der Waals surface area contributed by atoms with Crippen molar-refractivity contribution < 1.29 is 17.9 Å². The third-order valence-corrected chi connectivity index (χ3v) is 7.08. The van der Waals surface area contributed by atoms with Crippen LogP contribution in [0, 0.1) is 11.8 Å². The van der Waals surface area contributed by atoms with Gasteiger partial charge in [0.1, 0.15) is 0 Å². The number of hydrogen-bond donors (Lipinski definition) is 0. The van der Waals surface area contributed by atoms with Crippen LogP contribution in [0.3, 0.4) is 0 Å². The molecule has 3 heterocycles. The van der Waals surface area contributed by atoms with E-state index in [0.717, 1.165) is 43.4 Å². The van der Waals surface area contributed by atoms with E-state index < -0.39 is 11.7 Å². The third kappa shape index (κ3) is 4.24. The van der Waals surface area contributed by atoms with Crippen LogP contribution < -0.4 is 0 Å². The molecule has 2 aromatic rings. The molecule has 7 heteroatoms. The highest BCUT2D eigenvalue weighted by atomic mass is 19.4. The van der Waals surface area contributed by atoms with Crippen molar-refractivity contribution in [3.8, 4) is 0 Å². The van der Waals surface area contributed by atoms with E-state index in [1.165, 1.54) is 37.8 Å². The van der Waals surface area contributed by atoms with Crippen LogP contribution in [0.1, 0.15) is 51.0 Å². The van der Waals surface area contributed by atoms with Crippen molar-refractivity contribution in [2.75, 3.05) is 13.2 Å². The molecule has 3 fully saturated rings. The average Bonchev–Trinajstić information content (AvgIpc) is 3.41. The molecule has 1 saturated carbocycles. The quantitative estimate of drug-likeness (QED) is 0.622. The van der Waals surface area contributed by atoms with Gasteiger partial charge in [-0.25, -0.2) is 0 Å². The Balaban J connectivity index is 1.22. The van der Waals surface area contributed by atoms with E-state index in [2.05, 4.69) is 16.9 Å². The van der Waals surface area contributed by atoms with E-state index in [4.69, 9.17) is 4.74 Å². The molecule has 5 rings (SSSR count). The Morgan fingerprint density at radius 3 is 2.50 bits per heavy atom. The van der Waals surface area contributed by atoms with Crippen molar-refractivity contribution in [3.63, 3.8) is 0 Å². The number of hydrogen-bond acceptors (Lipinski definition) is 3. The maximum atomic E-state index is 13.1. The van der Waals surface area contributed by atoms with Gasteiger partial charge in [-0.05, 0) is 62.5 Å². The molecular formula is C23H30F3N3O. The minimum Gasteiger partial charge on any atom is -0.378 e. The number of ether oxygens (including phenoxy) is 1. The standard InChI is InChI=1S/C23H30F3N3O/c1-15(13-29-22-8-18(23(24,25)26)5-4-17(22)11-27-29)12-28-19-6-7-20(28)10-21(9-19)30-14-16-2-3-16/h4-5,8,11,15-16,19-21H,2-3,6-7,9-10,12-14H2,1H3/t15-,19-,20+,21?/m1/s1. The summed E-state index contributed by atoms with van der Waals surface area (Å²) in [5.74, 6) is 1.12. The fourth-order valence-electron chi connectivity index (χ4n) is 5.32. The molecule has 4 atom stereocenters. The van der Waals surface area contributed by atoms with Crippen molar-refractivity contribution in [1.29, 1.82) is 0 Å². The minimum atomic E-state index is -4.33. The number of piperidine rings is 1. The van der Waals surface area contributed by atoms with Crippen molar-refractivity contribution in [2.24, 2.45) is 11.8 Å². The monoisotopic (exact) mass is 421 g/mol.